The molecule has 17 heavy (non-hydrogen) atoms. The van der Waals surface area contributed by atoms with Crippen LogP contribution in [0.15, 0.2) is 12.2 Å². The summed E-state index contributed by atoms with van der Waals surface area (Å²) >= 11 is 0. The third-order valence-corrected chi connectivity index (χ3v) is 3.13. The summed E-state index contributed by atoms with van der Waals surface area (Å²) < 4.78 is 15.1. The predicted molar refractivity (Wildman–Crippen MR) is 58.3 cm³/mol. The number of esters is 1. The molecular weight excluding hydrogens is 224 g/mol. The number of hydrogen-bond donors (Lipinski definition) is 0. The van der Waals surface area contributed by atoms with Gasteiger partial charge in [0.05, 0.1) is 6.61 Å². The number of carbonyl (C=O) groups excluding carboxylic acids is 2. The Balaban J connectivity index is 1.79. The predicted octanol–water partition coefficient (Wildman–Crippen LogP) is 1.81. The van der Waals surface area contributed by atoms with Gasteiger partial charge in [0.25, 0.3) is 0 Å². The van der Waals surface area contributed by atoms with E-state index >= 15 is 0 Å². The molecule has 2 rings (SSSR count). The van der Waals surface area contributed by atoms with E-state index in [1.807, 2.05) is 0 Å². The van der Waals surface area contributed by atoms with Gasteiger partial charge >= 0.3 is 12.1 Å². The van der Waals surface area contributed by atoms with Crippen LogP contribution in [0.25, 0.3) is 0 Å². The fourth-order valence-electron chi connectivity index (χ4n) is 2.19. The fourth-order valence-corrected chi connectivity index (χ4v) is 2.19. The Labute approximate surface area is 99.7 Å². The van der Waals surface area contributed by atoms with Crippen LogP contribution in [0.5, 0.6) is 0 Å². The summed E-state index contributed by atoms with van der Waals surface area (Å²) in [5, 5.41) is 0. The van der Waals surface area contributed by atoms with E-state index in [2.05, 4.69) is 6.58 Å². The largest absolute Gasteiger partial charge is 0.509 e. The summed E-state index contributed by atoms with van der Waals surface area (Å²) in [6.07, 6.45) is 1.47. The lowest BCUT2D eigenvalue weighted by Gasteiger charge is -2.27. The van der Waals surface area contributed by atoms with Crippen LogP contribution in [0.3, 0.4) is 0 Å². The zero-order valence-corrected chi connectivity index (χ0v) is 9.81. The van der Waals surface area contributed by atoms with Gasteiger partial charge in [-0.3, -0.25) is 0 Å². The molecule has 1 aliphatic carbocycles. The number of rotatable bonds is 3. The first-order chi connectivity index (χ1) is 8.06. The summed E-state index contributed by atoms with van der Waals surface area (Å²) in [5.41, 5.74) is 0.398. The Bertz CT molecular complexity index is 349. The van der Waals surface area contributed by atoms with Gasteiger partial charge in [0, 0.05) is 5.57 Å². The third kappa shape index (κ3) is 2.78. The summed E-state index contributed by atoms with van der Waals surface area (Å²) in [6, 6.07) is 0. The Hall–Kier alpha value is -1.52. The minimum Gasteiger partial charge on any atom is -0.462 e. The Morgan fingerprint density at radius 3 is 2.82 bits per heavy atom. The molecule has 1 aliphatic heterocycles. The van der Waals surface area contributed by atoms with Crippen LogP contribution >= 0.6 is 0 Å². The van der Waals surface area contributed by atoms with Crippen molar-refractivity contribution in [3.63, 3.8) is 0 Å². The molecular formula is C12H16O5. The second kappa shape index (κ2) is 4.77. The van der Waals surface area contributed by atoms with E-state index in [1.54, 1.807) is 6.92 Å². The molecule has 3 unspecified atom stereocenters. The maximum Gasteiger partial charge on any atom is 0.509 e. The minimum absolute atomic E-state index is 0.115. The molecule has 0 radical (unpaired) electrons. The van der Waals surface area contributed by atoms with E-state index in [0.29, 0.717) is 18.6 Å². The number of hydrogen-bond acceptors (Lipinski definition) is 5. The van der Waals surface area contributed by atoms with Gasteiger partial charge in [-0.1, -0.05) is 6.58 Å². The average molecular weight is 240 g/mol. The van der Waals surface area contributed by atoms with Crippen molar-refractivity contribution in [3.05, 3.63) is 12.2 Å². The molecule has 0 bridgehead atoms. The molecule has 1 saturated carbocycles. The summed E-state index contributed by atoms with van der Waals surface area (Å²) in [5.74, 6) is -0.138. The van der Waals surface area contributed by atoms with E-state index in [0.717, 1.165) is 12.8 Å². The van der Waals surface area contributed by atoms with Crippen LogP contribution in [0.4, 0.5) is 4.79 Å². The molecule has 2 fully saturated rings. The first-order valence-electron chi connectivity index (χ1n) is 5.76. The molecule has 0 aromatic rings. The monoisotopic (exact) mass is 240 g/mol. The van der Waals surface area contributed by atoms with Crippen molar-refractivity contribution in [2.75, 3.05) is 6.61 Å². The van der Waals surface area contributed by atoms with E-state index in [-0.39, 0.29) is 24.1 Å². The minimum atomic E-state index is -0.584. The molecule has 0 aromatic heterocycles. The first-order valence-corrected chi connectivity index (χ1v) is 5.76. The van der Waals surface area contributed by atoms with Crippen LogP contribution in [0.1, 0.15) is 26.2 Å². The lowest BCUT2D eigenvalue weighted by Crippen LogP contribution is -2.33. The third-order valence-electron chi connectivity index (χ3n) is 3.13. The molecule has 94 valence electrons. The zero-order chi connectivity index (χ0) is 12.4. The van der Waals surface area contributed by atoms with Gasteiger partial charge in [-0.05, 0) is 32.1 Å². The normalized spacial score (nSPS) is 31.1. The van der Waals surface area contributed by atoms with Crippen molar-refractivity contribution in [3.8, 4) is 0 Å². The molecule has 0 N–H and O–H groups in total. The van der Waals surface area contributed by atoms with Gasteiger partial charge in [0.2, 0.25) is 0 Å². The Morgan fingerprint density at radius 1 is 1.41 bits per heavy atom. The van der Waals surface area contributed by atoms with Crippen LogP contribution in [-0.4, -0.2) is 30.9 Å². The molecule has 1 saturated heterocycles. The zero-order valence-electron chi connectivity index (χ0n) is 9.81. The second-order valence-electron chi connectivity index (χ2n) is 4.62. The van der Waals surface area contributed by atoms with Crippen LogP contribution in [-0.2, 0) is 19.0 Å². The van der Waals surface area contributed by atoms with Crippen molar-refractivity contribution in [1.82, 2.24) is 0 Å². The van der Waals surface area contributed by atoms with Gasteiger partial charge in [-0.2, -0.15) is 0 Å². The number of fused-ring (bicyclic) bond motifs is 1. The molecule has 5 heteroatoms. The highest BCUT2D eigenvalue weighted by Gasteiger charge is 2.41. The standard InChI is InChI=1S/C12H16O5/c1-7(2)11(13)15-6-8-3-4-9-10(5-8)17-12(14)16-9/h8-10H,1,3-6H2,2H3. The highest BCUT2D eigenvalue weighted by atomic mass is 16.8. The average Bonchev–Trinajstić information content (AvgIpc) is 2.64. The van der Waals surface area contributed by atoms with Gasteiger partial charge in [0.1, 0.15) is 12.2 Å². The molecule has 0 amide bonds. The summed E-state index contributed by atoms with van der Waals surface area (Å²) in [7, 11) is 0. The highest BCUT2D eigenvalue weighted by molar-refractivity contribution is 5.86. The van der Waals surface area contributed by atoms with Gasteiger partial charge in [-0.15, -0.1) is 0 Å². The number of ether oxygens (including phenoxy) is 3. The second-order valence-corrected chi connectivity index (χ2v) is 4.62. The summed E-state index contributed by atoms with van der Waals surface area (Å²) in [4.78, 5) is 22.2. The van der Waals surface area contributed by atoms with Crippen molar-refractivity contribution < 1.29 is 23.8 Å². The molecule has 1 heterocycles. The molecule has 0 spiro atoms. The van der Waals surface area contributed by atoms with Crippen molar-refractivity contribution in [2.24, 2.45) is 5.92 Å². The van der Waals surface area contributed by atoms with Crippen LogP contribution < -0.4 is 0 Å². The lowest BCUT2D eigenvalue weighted by atomic mass is 9.86. The topological polar surface area (TPSA) is 61.8 Å². The summed E-state index contributed by atoms with van der Waals surface area (Å²) in [6.45, 7) is 5.49. The van der Waals surface area contributed by atoms with Crippen LogP contribution in [0.2, 0.25) is 0 Å². The fraction of sp³-hybridized carbons (Fsp3) is 0.667. The Kier molecular flexibility index (Phi) is 3.36. The van der Waals surface area contributed by atoms with E-state index in [9.17, 15) is 9.59 Å². The van der Waals surface area contributed by atoms with E-state index < -0.39 is 6.16 Å². The highest BCUT2D eigenvalue weighted by Crippen LogP contribution is 2.33. The van der Waals surface area contributed by atoms with Crippen LogP contribution in [0, 0.1) is 5.92 Å². The quantitative estimate of drug-likeness (QED) is 0.556. The maximum atomic E-state index is 11.2. The smallest absolute Gasteiger partial charge is 0.462 e. The van der Waals surface area contributed by atoms with Gasteiger partial charge in [0.15, 0.2) is 0 Å². The van der Waals surface area contributed by atoms with E-state index in [1.165, 1.54) is 0 Å². The molecule has 3 atom stereocenters. The van der Waals surface area contributed by atoms with Gasteiger partial charge in [-0.25, -0.2) is 9.59 Å². The molecule has 0 aromatic carbocycles. The van der Waals surface area contributed by atoms with Crippen molar-refractivity contribution in [2.45, 2.75) is 38.4 Å². The van der Waals surface area contributed by atoms with Crippen molar-refractivity contribution in [1.29, 1.82) is 0 Å². The molecule has 2 aliphatic rings. The van der Waals surface area contributed by atoms with Gasteiger partial charge < -0.3 is 14.2 Å². The maximum absolute atomic E-state index is 11.2. The number of carbonyl (C=O) groups is 2. The molecule has 5 nitrogen and oxygen atoms in total. The van der Waals surface area contributed by atoms with E-state index in [4.69, 9.17) is 14.2 Å². The first kappa shape index (κ1) is 12.0. The Morgan fingerprint density at radius 2 is 2.12 bits per heavy atom. The lowest BCUT2D eigenvalue weighted by molar-refractivity contribution is -0.141. The SMILES string of the molecule is C=C(C)C(=O)OCC1CCC2OC(=O)OC2C1. The van der Waals surface area contributed by atoms with Crippen molar-refractivity contribution >= 4 is 12.1 Å².